The van der Waals surface area contributed by atoms with Crippen molar-refractivity contribution in [1.82, 2.24) is 20.0 Å². The van der Waals surface area contributed by atoms with Crippen molar-refractivity contribution in [2.75, 3.05) is 45.8 Å². The summed E-state index contributed by atoms with van der Waals surface area (Å²) in [4.78, 5) is 42.1. The van der Waals surface area contributed by atoms with E-state index in [-0.39, 0.29) is 23.6 Å². The molecule has 3 amide bonds. The number of piperazine rings is 1. The van der Waals surface area contributed by atoms with Gasteiger partial charge in [-0.15, -0.1) is 0 Å². The normalized spacial score (nSPS) is 18.8. The van der Waals surface area contributed by atoms with Crippen LogP contribution in [0.4, 0.5) is 0 Å². The lowest BCUT2D eigenvalue weighted by Crippen LogP contribution is -2.53. The molecule has 0 aliphatic carbocycles. The summed E-state index contributed by atoms with van der Waals surface area (Å²) >= 11 is 0. The number of carbonyl (C=O) groups excluding carboxylic acids is 3. The SMILES string of the molecule is CC(=O)N1CCN(C(=O)CN2CCC(C(=O)NCc3ccccc3)CC2)CC1. The zero-order chi connectivity index (χ0) is 19.9. The Bertz CT molecular complexity index is 678. The Morgan fingerprint density at radius 3 is 2.14 bits per heavy atom. The minimum atomic E-state index is 0.0224. The van der Waals surface area contributed by atoms with E-state index in [0.717, 1.165) is 31.5 Å². The van der Waals surface area contributed by atoms with Gasteiger partial charge in [0.15, 0.2) is 0 Å². The van der Waals surface area contributed by atoms with E-state index in [0.29, 0.717) is 39.3 Å². The van der Waals surface area contributed by atoms with Crippen LogP contribution in [-0.2, 0) is 20.9 Å². The van der Waals surface area contributed by atoms with Crippen LogP contribution in [0.5, 0.6) is 0 Å². The second-order valence-corrected chi connectivity index (χ2v) is 7.64. The van der Waals surface area contributed by atoms with Crippen LogP contribution in [0, 0.1) is 5.92 Å². The van der Waals surface area contributed by atoms with E-state index in [2.05, 4.69) is 10.2 Å². The summed E-state index contributed by atoms with van der Waals surface area (Å²) in [5.41, 5.74) is 1.10. The van der Waals surface area contributed by atoms with Crippen molar-refractivity contribution in [3.63, 3.8) is 0 Å². The molecule has 2 aliphatic rings. The molecule has 7 heteroatoms. The molecule has 0 atom stereocenters. The highest BCUT2D eigenvalue weighted by atomic mass is 16.2. The fourth-order valence-electron chi connectivity index (χ4n) is 3.84. The van der Waals surface area contributed by atoms with Crippen molar-refractivity contribution in [3.8, 4) is 0 Å². The zero-order valence-corrected chi connectivity index (χ0v) is 16.6. The van der Waals surface area contributed by atoms with Gasteiger partial charge in [-0.2, -0.15) is 0 Å². The van der Waals surface area contributed by atoms with Crippen molar-refractivity contribution in [2.24, 2.45) is 5.92 Å². The van der Waals surface area contributed by atoms with Gasteiger partial charge in [-0.1, -0.05) is 30.3 Å². The summed E-state index contributed by atoms with van der Waals surface area (Å²) < 4.78 is 0. The Kier molecular flexibility index (Phi) is 7.03. The number of hydrogen-bond acceptors (Lipinski definition) is 4. The van der Waals surface area contributed by atoms with Gasteiger partial charge in [-0.25, -0.2) is 0 Å². The lowest BCUT2D eigenvalue weighted by atomic mass is 9.95. The minimum absolute atomic E-state index is 0.0224. The lowest BCUT2D eigenvalue weighted by molar-refractivity contribution is -0.139. The number of carbonyl (C=O) groups is 3. The van der Waals surface area contributed by atoms with Crippen molar-refractivity contribution in [3.05, 3.63) is 35.9 Å². The van der Waals surface area contributed by atoms with E-state index < -0.39 is 0 Å². The molecule has 28 heavy (non-hydrogen) atoms. The van der Waals surface area contributed by atoms with Gasteiger partial charge in [0, 0.05) is 45.6 Å². The molecule has 0 unspecified atom stereocenters. The predicted molar refractivity (Wildman–Crippen MR) is 106 cm³/mol. The first-order chi connectivity index (χ1) is 13.5. The Labute approximate surface area is 166 Å². The summed E-state index contributed by atoms with van der Waals surface area (Å²) in [5.74, 6) is 0.319. The van der Waals surface area contributed by atoms with E-state index in [4.69, 9.17) is 0 Å². The average molecular weight is 386 g/mol. The van der Waals surface area contributed by atoms with Crippen LogP contribution in [-0.4, -0.2) is 78.2 Å². The van der Waals surface area contributed by atoms with Gasteiger partial charge in [0.1, 0.15) is 0 Å². The van der Waals surface area contributed by atoms with Crippen LogP contribution >= 0.6 is 0 Å². The van der Waals surface area contributed by atoms with Gasteiger partial charge in [-0.05, 0) is 31.5 Å². The topological polar surface area (TPSA) is 73.0 Å². The van der Waals surface area contributed by atoms with E-state index in [1.165, 1.54) is 0 Å². The number of rotatable bonds is 5. The number of nitrogens with one attached hydrogen (secondary N) is 1. The van der Waals surface area contributed by atoms with E-state index in [1.54, 1.807) is 11.8 Å². The number of likely N-dealkylation sites (tertiary alicyclic amines) is 1. The van der Waals surface area contributed by atoms with Crippen molar-refractivity contribution >= 4 is 17.7 Å². The molecule has 1 N–H and O–H groups in total. The monoisotopic (exact) mass is 386 g/mol. The Hall–Kier alpha value is -2.41. The molecule has 3 rings (SSSR count). The third-order valence-corrected chi connectivity index (χ3v) is 5.70. The summed E-state index contributed by atoms with van der Waals surface area (Å²) in [6.45, 7) is 6.51. The molecular formula is C21H30N4O3. The van der Waals surface area contributed by atoms with Crippen LogP contribution in [0.3, 0.4) is 0 Å². The van der Waals surface area contributed by atoms with Crippen molar-refractivity contribution in [1.29, 1.82) is 0 Å². The fourth-order valence-corrected chi connectivity index (χ4v) is 3.84. The lowest BCUT2D eigenvalue weighted by Gasteiger charge is -2.36. The third-order valence-electron chi connectivity index (χ3n) is 5.70. The molecule has 0 spiro atoms. The number of nitrogens with zero attached hydrogens (tertiary/aromatic N) is 3. The fraction of sp³-hybridized carbons (Fsp3) is 0.571. The number of hydrogen-bond donors (Lipinski definition) is 1. The molecule has 0 aromatic heterocycles. The molecule has 0 bridgehead atoms. The maximum Gasteiger partial charge on any atom is 0.236 e. The summed E-state index contributed by atoms with van der Waals surface area (Å²) in [5, 5.41) is 3.02. The molecule has 0 radical (unpaired) electrons. The third kappa shape index (κ3) is 5.55. The molecule has 1 aromatic rings. The van der Waals surface area contributed by atoms with Crippen LogP contribution in [0.15, 0.2) is 30.3 Å². The maximum atomic E-state index is 12.5. The van der Waals surface area contributed by atoms with Crippen LogP contribution in [0.2, 0.25) is 0 Å². The highest BCUT2D eigenvalue weighted by Crippen LogP contribution is 2.18. The maximum absolute atomic E-state index is 12.5. The Morgan fingerprint density at radius 2 is 1.54 bits per heavy atom. The Morgan fingerprint density at radius 1 is 0.929 bits per heavy atom. The zero-order valence-electron chi connectivity index (χ0n) is 16.6. The molecular weight excluding hydrogens is 356 g/mol. The van der Waals surface area contributed by atoms with Gasteiger partial charge in [0.05, 0.1) is 6.54 Å². The first-order valence-corrected chi connectivity index (χ1v) is 10.1. The van der Waals surface area contributed by atoms with Gasteiger partial charge in [0.25, 0.3) is 0 Å². The molecule has 7 nitrogen and oxygen atoms in total. The molecule has 1 aromatic carbocycles. The van der Waals surface area contributed by atoms with Gasteiger partial charge in [0.2, 0.25) is 17.7 Å². The van der Waals surface area contributed by atoms with Crippen molar-refractivity contribution in [2.45, 2.75) is 26.3 Å². The molecule has 0 saturated carbocycles. The molecule has 2 fully saturated rings. The molecule has 152 valence electrons. The highest BCUT2D eigenvalue weighted by Gasteiger charge is 2.28. The number of piperidine rings is 1. The second-order valence-electron chi connectivity index (χ2n) is 7.64. The summed E-state index contributed by atoms with van der Waals surface area (Å²) in [6.07, 6.45) is 1.57. The molecule has 2 heterocycles. The minimum Gasteiger partial charge on any atom is -0.352 e. The van der Waals surface area contributed by atoms with Crippen molar-refractivity contribution < 1.29 is 14.4 Å². The second kappa shape index (κ2) is 9.68. The molecule has 2 saturated heterocycles. The van der Waals surface area contributed by atoms with Crippen LogP contribution in [0.1, 0.15) is 25.3 Å². The smallest absolute Gasteiger partial charge is 0.236 e. The average Bonchev–Trinajstić information content (AvgIpc) is 2.73. The first-order valence-electron chi connectivity index (χ1n) is 10.1. The highest BCUT2D eigenvalue weighted by molar-refractivity contribution is 5.80. The standard InChI is InChI=1S/C21H30N4O3/c1-17(26)24-11-13-25(14-12-24)20(27)16-23-9-7-19(8-10-23)21(28)22-15-18-5-3-2-4-6-18/h2-6,19H,7-16H2,1H3,(H,22,28). The number of amides is 3. The van der Waals surface area contributed by atoms with Gasteiger partial charge in [-0.3, -0.25) is 19.3 Å². The molecule has 2 aliphatic heterocycles. The van der Waals surface area contributed by atoms with E-state index in [9.17, 15) is 14.4 Å². The number of benzene rings is 1. The Balaban J connectivity index is 1.36. The van der Waals surface area contributed by atoms with E-state index >= 15 is 0 Å². The van der Waals surface area contributed by atoms with E-state index in [1.807, 2.05) is 35.2 Å². The first kappa shape index (κ1) is 20.3. The largest absolute Gasteiger partial charge is 0.352 e. The predicted octanol–water partition coefficient (Wildman–Crippen LogP) is 0.706. The summed E-state index contributed by atoms with van der Waals surface area (Å²) in [6, 6.07) is 9.91. The van der Waals surface area contributed by atoms with Crippen LogP contribution < -0.4 is 5.32 Å². The van der Waals surface area contributed by atoms with Gasteiger partial charge < -0.3 is 15.1 Å². The van der Waals surface area contributed by atoms with Gasteiger partial charge >= 0.3 is 0 Å². The quantitative estimate of drug-likeness (QED) is 0.809. The van der Waals surface area contributed by atoms with Crippen LogP contribution in [0.25, 0.3) is 0 Å². The summed E-state index contributed by atoms with van der Waals surface area (Å²) in [7, 11) is 0.